The molecular weight excluding hydrogens is 480 g/mol. The molecule has 0 saturated carbocycles. The molecule has 9 heteroatoms. The van der Waals surface area contributed by atoms with E-state index in [-0.39, 0.29) is 34.2 Å². The van der Waals surface area contributed by atoms with Crippen molar-refractivity contribution in [2.24, 2.45) is 0 Å². The van der Waals surface area contributed by atoms with E-state index in [1.54, 1.807) is 0 Å². The van der Waals surface area contributed by atoms with Crippen molar-refractivity contribution in [1.29, 1.82) is 0 Å². The fourth-order valence-corrected chi connectivity index (χ4v) is 4.33. The zero-order valence-corrected chi connectivity index (χ0v) is 19.4. The Morgan fingerprint density at radius 1 is 1.24 bits per heavy atom. The Hall–Kier alpha value is -1.61. The number of rotatable bonds is 10. The van der Waals surface area contributed by atoms with Gasteiger partial charge in [-0.25, -0.2) is 13.1 Å². The summed E-state index contributed by atoms with van der Waals surface area (Å²) in [6, 6.07) is 11.6. The predicted octanol–water partition coefficient (Wildman–Crippen LogP) is 4.44. The first-order valence-corrected chi connectivity index (χ1v) is 11.8. The monoisotopic (exact) mass is 502 g/mol. The second-order valence-corrected chi connectivity index (χ2v) is 9.57. The van der Waals surface area contributed by atoms with Crippen LogP contribution in [0.25, 0.3) is 0 Å². The van der Waals surface area contributed by atoms with Gasteiger partial charge < -0.3 is 10.1 Å². The molecule has 1 atom stereocenters. The first kappa shape index (κ1) is 23.7. The summed E-state index contributed by atoms with van der Waals surface area (Å²) in [6.07, 6.45) is 1.64. The number of hydrogen-bond donors (Lipinski definition) is 2. The molecule has 0 fully saturated rings. The van der Waals surface area contributed by atoms with E-state index >= 15 is 0 Å². The number of amides is 1. The van der Waals surface area contributed by atoms with Crippen LogP contribution >= 0.6 is 27.5 Å². The topological polar surface area (TPSA) is 84.5 Å². The lowest BCUT2D eigenvalue weighted by molar-refractivity contribution is -0.123. The second kappa shape index (κ2) is 11.0. The Balaban J connectivity index is 1.94. The summed E-state index contributed by atoms with van der Waals surface area (Å²) in [5.41, 5.74) is 0.955. The molecule has 0 unspecified atom stereocenters. The first-order valence-electron chi connectivity index (χ1n) is 9.19. The van der Waals surface area contributed by atoms with Crippen LogP contribution in [-0.2, 0) is 14.8 Å². The molecule has 0 aromatic heterocycles. The number of ether oxygens (including phenoxy) is 1. The molecule has 29 heavy (non-hydrogen) atoms. The van der Waals surface area contributed by atoms with Crippen molar-refractivity contribution in [1.82, 2.24) is 10.0 Å². The lowest BCUT2D eigenvalue weighted by Crippen LogP contribution is -2.31. The molecule has 0 aliphatic heterocycles. The van der Waals surface area contributed by atoms with Gasteiger partial charge in [0.2, 0.25) is 10.0 Å². The third-order valence-corrected chi connectivity index (χ3v) is 6.37. The smallest absolute Gasteiger partial charge is 0.258 e. The van der Waals surface area contributed by atoms with Gasteiger partial charge in [-0.2, -0.15) is 0 Å². The highest BCUT2D eigenvalue weighted by Crippen LogP contribution is 2.27. The van der Waals surface area contributed by atoms with Crippen molar-refractivity contribution in [2.45, 2.75) is 37.6 Å². The molecule has 0 bridgehead atoms. The molecule has 0 heterocycles. The number of benzene rings is 2. The summed E-state index contributed by atoms with van der Waals surface area (Å²) in [5.74, 6) is -0.0732. The van der Waals surface area contributed by atoms with Crippen LogP contribution in [0.15, 0.2) is 51.8 Å². The van der Waals surface area contributed by atoms with Gasteiger partial charge in [0.25, 0.3) is 5.91 Å². The van der Waals surface area contributed by atoms with Crippen LogP contribution in [0.4, 0.5) is 0 Å². The van der Waals surface area contributed by atoms with Crippen LogP contribution in [-0.4, -0.2) is 27.5 Å². The summed E-state index contributed by atoms with van der Waals surface area (Å²) in [4.78, 5) is 12.2. The largest absolute Gasteiger partial charge is 0.482 e. The zero-order chi connectivity index (χ0) is 21.4. The average Bonchev–Trinajstić information content (AvgIpc) is 2.67. The minimum Gasteiger partial charge on any atom is -0.482 e. The average molecular weight is 504 g/mol. The molecule has 0 saturated heterocycles. The third-order valence-electron chi connectivity index (χ3n) is 4.12. The van der Waals surface area contributed by atoms with Gasteiger partial charge in [-0.1, -0.05) is 53.0 Å². The zero-order valence-electron chi connectivity index (χ0n) is 16.2. The summed E-state index contributed by atoms with van der Waals surface area (Å²) >= 11 is 9.55. The molecule has 0 radical (unpaired) electrons. The SMILES string of the molecule is CCCCNS(=O)(=O)c1ccc(OCC(=O)N[C@H](C)c2cccc(Br)c2)c(Cl)c1. The number of nitrogens with one attached hydrogen (secondary N) is 2. The van der Waals surface area contributed by atoms with E-state index in [0.717, 1.165) is 22.9 Å². The van der Waals surface area contributed by atoms with Crippen LogP contribution in [0.3, 0.4) is 0 Å². The molecule has 2 N–H and O–H groups in total. The summed E-state index contributed by atoms with van der Waals surface area (Å²) in [7, 11) is -3.63. The van der Waals surface area contributed by atoms with Crippen molar-refractivity contribution in [2.75, 3.05) is 13.2 Å². The Labute approximate surface area is 185 Å². The Morgan fingerprint density at radius 3 is 2.66 bits per heavy atom. The molecule has 158 valence electrons. The van der Waals surface area contributed by atoms with Crippen molar-refractivity contribution in [3.8, 4) is 5.75 Å². The van der Waals surface area contributed by atoms with E-state index < -0.39 is 10.0 Å². The number of halogens is 2. The van der Waals surface area contributed by atoms with Crippen molar-refractivity contribution in [3.63, 3.8) is 0 Å². The minimum absolute atomic E-state index is 0.0543. The second-order valence-electron chi connectivity index (χ2n) is 6.48. The lowest BCUT2D eigenvalue weighted by Gasteiger charge is -2.15. The van der Waals surface area contributed by atoms with Crippen LogP contribution < -0.4 is 14.8 Å². The maximum atomic E-state index is 12.2. The van der Waals surface area contributed by atoms with E-state index in [2.05, 4.69) is 26.0 Å². The van der Waals surface area contributed by atoms with Crippen LogP contribution in [0.2, 0.25) is 5.02 Å². The molecule has 1 amide bonds. The fraction of sp³-hybridized carbons (Fsp3) is 0.350. The summed E-state index contributed by atoms with van der Waals surface area (Å²) in [5, 5.41) is 2.97. The van der Waals surface area contributed by atoms with Gasteiger partial charge >= 0.3 is 0 Å². The van der Waals surface area contributed by atoms with Gasteiger partial charge in [-0.15, -0.1) is 0 Å². The van der Waals surface area contributed by atoms with Crippen LogP contribution in [0.5, 0.6) is 5.75 Å². The third kappa shape index (κ3) is 7.29. The summed E-state index contributed by atoms with van der Waals surface area (Å²) < 4.78 is 33.4. The van der Waals surface area contributed by atoms with Gasteiger partial charge in [0, 0.05) is 11.0 Å². The molecule has 0 spiro atoms. The molecular formula is C20H24BrClN2O4S. The molecule has 6 nitrogen and oxygen atoms in total. The molecule has 0 aliphatic carbocycles. The van der Waals surface area contributed by atoms with Crippen molar-refractivity contribution in [3.05, 3.63) is 57.5 Å². The van der Waals surface area contributed by atoms with E-state index in [1.807, 2.05) is 38.1 Å². The first-order chi connectivity index (χ1) is 13.7. The quantitative estimate of drug-likeness (QED) is 0.470. The summed E-state index contributed by atoms with van der Waals surface area (Å²) in [6.45, 7) is 3.98. The molecule has 2 rings (SSSR count). The van der Waals surface area contributed by atoms with Crippen molar-refractivity contribution >= 4 is 43.5 Å². The number of hydrogen-bond acceptors (Lipinski definition) is 4. The molecule has 2 aromatic rings. The highest BCUT2D eigenvalue weighted by Gasteiger charge is 2.16. The molecule has 0 aliphatic rings. The number of sulfonamides is 1. The maximum Gasteiger partial charge on any atom is 0.258 e. The number of unbranched alkanes of at least 4 members (excludes halogenated alkanes) is 1. The van der Waals surface area contributed by atoms with E-state index in [4.69, 9.17) is 16.3 Å². The van der Waals surface area contributed by atoms with Crippen LogP contribution in [0, 0.1) is 0 Å². The highest BCUT2D eigenvalue weighted by atomic mass is 79.9. The van der Waals surface area contributed by atoms with Crippen LogP contribution in [0.1, 0.15) is 38.3 Å². The number of carbonyl (C=O) groups excluding carboxylic acids is 1. The van der Waals surface area contributed by atoms with Gasteiger partial charge in [-0.05, 0) is 49.2 Å². The minimum atomic E-state index is -3.63. The predicted molar refractivity (Wildman–Crippen MR) is 118 cm³/mol. The Bertz CT molecular complexity index is 953. The van der Waals surface area contributed by atoms with Crippen molar-refractivity contribution < 1.29 is 17.9 Å². The standard InChI is InChI=1S/C20H24BrClN2O4S/c1-3-4-10-23-29(26,27)17-8-9-19(18(22)12-17)28-13-20(25)24-14(2)15-6-5-7-16(21)11-15/h5-9,11-12,14,23H,3-4,10,13H2,1-2H3,(H,24,25)/t14-/m1/s1. The van der Waals surface area contributed by atoms with Gasteiger partial charge in [-0.3, -0.25) is 4.79 Å². The van der Waals surface area contributed by atoms with E-state index in [1.165, 1.54) is 18.2 Å². The van der Waals surface area contributed by atoms with Gasteiger partial charge in [0.1, 0.15) is 5.75 Å². The fourth-order valence-electron chi connectivity index (χ4n) is 2.52. The van der Waals surface area contributed by atoms with Gasteiger partial charge in [0.15, 0.2) is 6.61 Å². The lowest BCUT2D eigenvalue weighted by atomic mass is 10.1. The van der Waals surface area contributed by atoms with E-state index in [9.17, 15) is 13.2 Å². The normalized spacial score (nSPS) is 12.4. The Morgan fingerprint density at radius 2 is 2.00 bits per heavy atom. The number of carbonyl (C=O) groups is 1. The Kier molecular flexibility index (Phi) is 8.95. The maximum absolute atomic E-state index is 12.2. The highest BCUT2D eigenvalue weighted by molar-refractivity contribution is 9.10. The van der Waals surface area contributed by atoms with E-state index in [0.29, 0.717) is 6.54 Å². The van der Waals surface area contributed by atoms with Gasteiger partial charge in [0.05, 0.1) is 16.0 Å². The molecule has 2 aromatic carbocycles.